The molecule has 1 aromatic heterocycles. The summed E-state index contributed by atoms with van der Waals surface area (Å²) in [5.41, 5.74) is 0.158. The largest absolute Gasteiger partial charge is 0.423 e. The molecule has 0 saturated heterocycles. The Labute approximate surface area is 136 Å². The molecule has 8 heteroatoms. The summed E-state index contributed by atoms with van der Waals surface area (Å²) >= 11 is 0. The number of hydrogen-bond donors (Lipinski definition) is 5. The number of ketones is 1. The minimum Gasteiger partial charge on any atom is -0.423 e. The van der Waals surface area contributed by atoms with Crippen LogP contribution in [0.2, 0.25) is 0 Å². The zero-order valence-corrected chi connectivity index (χ0v) is 12.8. The first-order valence-corrected chi connectivity index (χ1v) is 7.18. The second kappa shape index (κ2) is 7.20. The van der Waals surface area contributed by atoms with Gasteiger partial charge in [0.1, 0.15) is 30.0 Å². The Morgan fingerprint density at radius 3 is 2.42 bits per heavy atom. The van der Waals surface area contributed by atoms with Crippen LogP contribution in [0.3, 0.4) is 0 Å². The fourth-order valence-electron chi connectivity index (χ4n) is 2.33. The zero-order chi connectivity index (χ0) is 18.0. The number of aliphatic hydroxyl groups is 5. The van der Waals surface area contributed by atoms with Crippen molar-refractivity contribution >= 4 is 16.8 Å². The number of rotatable bonds is 6. The van der Waals surface area contributed by atoms with E-state index in [1.54, 1.807) is 6.92 Å². The number of Topliss-reactive ketones (excluding diaryl/α,β-unsaturated/α-hetero) is 1. The molecular weight excluding hydrogens is 320 g/mol. The molecule has 1 aromatic carbocycles. The Kier molecular flexibility index (Phi) is 5.47. The minimum atomic E-state index is -2.03. The summed E-state index contributed by atoms with van der Waals surface area (Å²) in [7, 11) is 0. The van der Waals surface area contributed by atoms with Crippen molar-refractivity contribution in [3.63, 3.8) is 0 Å². The van der Waals surface area contributed by atoms with Crippen LogP contribution >= 0.6 is 0 Å². The van der Waals surface area contributed by atoms with Crippen molar-refractivity contribution in [2.45, 2.75) is 31.3 Å². The monoisotopic (exact) mass is 338 g/mol. The molecule has 5 N–H and O–H groups in total. The molecular formula is C16H18O8. The predicted octanol–water partition coefficient (Wildman–Crippen LogP) is -1.28. The van der Waals surface area contributed by atoms with Crippen molar-refractivity contribution in [2.75, 3.05) is 6.61 Å². The lowest BCUT2D eigenvalue weighted by atomic mass is 9.96. The van der Waals surface area contributed by atoms with Crippen molar-refractivity contribution < 1.29 is 34.7 Å². The highest BCUT2D eigenvalue weighted by molar-refractivity contribution is 6.02. The Morgan fingerprint density at radius 1 is 1.12 bits per heavy atom. The molecule has 0 spiro atoms. The van der Waals surface area contributed by atoms with E-state index in [9.17, 15) is 30.0 Å². The fraction of sp³-hybridized carbons (Fsp3) is 0.375. The van der Waals surface area contributed by atoms with Crippen molar-refractivity contribution in [3.05, 3.63) is 45.8 Å². The number of fused-ring (bicyclic) bond motifs is 1. The van der Waals surface area contributed by atoms with Crippen molar-refractivity contribution in [2.24, 2.45) is 0 Å². The van der Waals surface area contributed by atoms with E-state index in [4.69, 9.17) is 9.52 Å². The van der Waals surface area contributed by atoms with Gasteiger partial charge in [-0.05, 0) is 18.6 Å². The molecule has 1 heterocycles. The van der Waals surface area contributed by atoms with Gasteiger partial charge in [0.25, 0.3) is 0 Å². The van der Waals surface area contributed by atoms with Crippen LogP contribution in [0.15, 0.2) is 33.5 Å². The standard InChI is InChI=1S/C16H18O8/c1-7-4-12(19)24-11-5-8(2-3-9(7)11)13(20)15(22)16(23)14(21)10(18)6-17/h2-5,10,14-18,21-23H,6H2,1H3/t10-,14+,15+,16+/m1/s1. The topological polar surface area (TPSA) is 148 Å². The van der Waals surface area contributed by atoms with E-state index in [1.807, 2.05) is 0 Å². The highest BCUT2D eigenvalue weighted by Gasteiger charge is 2.34. The molecule has 0 amide bonds. The molecule has 0 aliphatic heterocycles. The molecule has 0 aliphatic rings. The van der Waals surface area contributed by atoms with Crippen LogP contribution in [0.25, 0.3) is 11.0 Å². The Hall–Kier alpha value is -2.10. The molecule has 0 aliphatic carbocycles. The Balaban J connectivity index is 2.32. The summed E-state index contributed by atoms with van der Waals surface area (Å²) in [4.78, 5) is 23.6. The molecule has 4 atom stereocenters. The summed E-state index contributed by atoms with van der Waals surface area (Å²) < 4.78 is 5.00. The van der Waals surface area contributed by atoms with Gasteiger partial charge in [0, 0.05) is 17.0 Å². The van der Waals surface area contributed by atoms with Crippen LogP contribution in [-0.4, -0.2) is 62.3 Å². The van der Waals surface area contributed by atoms with Crippen LogP contribution in [0.5, 0.6) is 0 Å². The molecule has 2 rings (SSSR count). The maximum absolute atomic E-state index is 12.2. The highest BCUT2D eigenvalue weighted by atomic mass is 16.4. The molecule has 8 nitrogen and oxygen atoms in total. The maximum atomic E-state index is 12.2. The SMILES string of the molecule is Cc1cc(=O)oc2cc(C(=O)[C@H](O)[C@@H](O)[C@@H](O)[C@H](O)CO)ccc12. The van der Waals surface area contributed by atoms with Crippen LogP contribution < -0.4 is 5.63 Å². The summed E-state index contributed by atoms with van der Waals surface area (Å²) in [6, 6.07) is 5.45. The molecule has 2 aromatic rings. The van der Waals surface area contributed by atoms with Gasteiger partial charge in [-0.2, -0.15) is 0 Å². The maximum Gasteiger partial charge on any atom is 0.336 e. The lowest BCUT2D eigenvalue weighted by molar-refractivity contribution is -0.105. The summed E-state index contributed by atoms with van der Waals surface area (Å²) in [5.74, 6) is -0.933. The molecule has 0 radical (unpaired) electrons. The second-order valence-corrected chi connectivity index (χ2v) is 5.50. The van der Waals surface area contributed by atoms with E-state index in [2.05, 4.69) is 0 Å². The lowest BCUT2D eigenvalue weighted by Gasteiger charge is -2.24. The molecule has 0 saturated carbocycles. The average molecular weight is 338 g/mol. The van der Waals surface area contributed by atoms with E-state index in [0.717, 1.165) is 0 Å². The smallest absolute Gasteiger partial charge is 0.336 e. The second-order valence-electron chi connectivity index (χ2n) is 5.50. The summed E-state index contributed by atoms with van der Waals surface area (Å²) in [5, 5.41) is 47.8. The number of carbonyl (C=O) groups excluding carboxylic acids is 1. The van der Waals surface area contributed by atoms with E-state index >= 15 is 0 Å². The minimum absolute atomic E-state index is 0.0477. The summed E-state index contributed by atoms with van der Waals surface area (Å²) in [6.07, 6.45) is -7.65. The zero-order valence-electron chi connectivity index (χ0n) is 12.8. The van der Waals surface area contributed by atoms with Gasteiger partial charge in [-0.25, -0.2) is 4.79 Å². The van der Waals surface area contributed by atoms with Crippen LogP contribution in [-0.2, 0) is 0 Å². The quantitative estimate of drug-likeness (QED) is 0.323. The number of hydrogen-bond acceptors (Lipinski definition) is 8. The fourth-order valence-corrected chi connectivity index (χ4v) is 2.33. The van der Waals surface area contributed by atoms with Crippen LogP contribution in [0.1, 0.15) is 15.9 Å². The van der Waals surface area contributed by atoms with Gasteiger partial charge in [0.05, 0.1) is 6.61 Å². The number of aliphatic hydroxyl groups excluding tert-OH is 5. The van der Waals surface area contributed by atoms with E-state index in [1.165, 1.54) is 24.3 Å². The first kappa shape index (κ1) is 18.2. The van der Waals surface area contributed by atoms with Gasteiger partial charge in [0.2, 0.25) is 0 Å². The van der Waals surface area contributed by atoms with Crippen LogP contribution in [0, 0.1) is 6.92 Å². The van der Waals surface area contributed by atoms with Crippen molar-refractivity contribution in [1.29, 1.82) is 0 Å². The highest BCUT2D eigenvalue weighted by Crippen LogP contribution is 2.20. The third kappa shape index (κ3) is 3.53. The van der Waals surface area contributed by atoms with Gasteiger partial charge >= 0.3 is 5.63 Å². The lowest BCUT2D eigenvalue weighted by Crippen LogP contribution is -2.48. The summed E-state index contributed by atoms with van der Waals surface area (Å²) in [6.45, 7) is 0.853. The predicted molar refractivity (Wildman–Crippen MR) is 82.7 cm³/mol. The van der Waals surface area contributed by atoms with E-state index < -0.39 is 42.4 Å². The van der Waals surface area contributed by atoms with E-state index in [-0.39, 0.29) is 11.1 Å². The van der Waals surface area contributed by atoms with Gasteiger partial charge in [-0.3, -0.25) is 4.79 Å². The van der Waals surface area contributed by atoms with Crippen molar-refractivity contribution in [1.82, 2.24) is 0 Å². The van der Waals surface area contributed by atoms with Crippen molar-refractivity contribution in [3.8, 4) is 0 Å². The van der Waals surface area contributed by atoms with Gasteiger partial charge in [-0.1, -0.05) is 12.1 Å². The molecule has 130 valence electrons. The van der Waals surface area contributed by atoms with Gasteiger partial charge in [-0.15, -0.1) is 0 Å². The Bertz CT molecular complexity index is 796. The third-order valence-electron chi connectivity index (χ3n) is 3.76. The number of aryl methyl sites for hydroxylation is 1. The van der Waals surface area contributed by atoms with E-state index in [0.29, 0.717) is 10.9 Å². The van der Waals surface area contributed by atoms with Gasteiger partial charge < -0.3 is 29.9 Å². The number of benzene rings is 1. The number of carbonyl (C=O) groups is 1. The Morgan fingerprint density at radius 2 is 1.79 bits per heavy atom. The normalized spacial score (nSPS) is 16.6. The molecule has 0 bridgehead atoms. The first-order valence-electron chi connectivity index (χ1n) is 7.18. The molecule has 0 fully saturated rings. The average Bonchev–Trinajstić information content (AvgIpc) is 2.57. The molecule has 24 heavy (non-hydrogen) atoms. The third-order valence-corrected chi connectivity index (χ3v) is 3.76. The van der Waals surface area contributed by atoms with Gasteiger partial charge in [0.15, 0.2) is 5.78 Å². The molecule has 0 unspecified atom stereocenters. The van der Waals surface area contributed by atoms with Crippen LogP contribution in [0.4, 0.5) is 0 Å². The first-order chi connectivity index (χ1) is 11.3.